The van der Waals surface area contributed by atoms with E-state index in [0.29, 0.717) is 6.54 Å². The molecule has 92 valence electrons. The van der Waals surface area contributed by atoms with Gasteiger partial charge in [-0.15, -0.1) is 0 Å². The number of hydrogen-bond acceptors (Lipinski definition) is 1. The van der Waals surface area contributed by atoms with Crippen molar-refractivity contribution in [3.63, 3.8) is 0 Å². The summed E-state index contributed by atoms with van der Waals surface area (Å²) < 4.78 is 1.01. The fraction of sp³-hybridized carbons (Fsp3) is 0.133. The van der Waals surface area contributed by atoms with Crippen molar-refractivity contribution < 1.29 is 4.79 Å². The molecule has 0 heterocycles. The van der Waals surface area contributed by atoms with Gasteiger partial charge in [-0.2, -0.15) is 0 Å². The quantitative estimate of drug-likeness (QED) is 0.839. The monoisotopic (exact) mass is 303 g/mol. The van der Waals surface area contributed by atoms with Crippen LogP contribution in [0.4, 0.5) is 5.69 Å². The van der Waals surface area contributed by atoms with Crippen molar-refractivity contribution in [2.75, 3.05) is 4.90 Å². The van der Waals surface area contributed by atoms with Crippen molar-refractivity contribution in [3.8, 4) is 0 Å². The van der Waals surface area contributed by atoms with E-state index in [1.165, 1.54) is 0 Å². The lowest BCUT2D eigenvalue weighted by atomic mass is 10.2. The molecule has 0 radical (unpaired) electrons. The van der Waals surface area contributed by atoms with Gasteiger partial charge >= 0.3 is 0 Å². The van der Waals surface area contributed by atoms with E-state index in [1.807, 2.05) is 54.6 Å². The smallest absolute Gasteiger partial charge is 0.224 e. The van der Waals surface area contributed by atoms with Gasteiger partial charge in [0.25, 0.3) is 0 Å². The molecule has 18 heavy (non-hydrogen) atoms. The van der Waals surface area contributed by atoms with Gasteiger partial charge in [0.05, 0.1) is 6.54 Å². The Morgan fingerprint density at radius 2 is 1.67 bits per heavy atom. The van der Waals surface area contributed by atoms with E-state index in [0.717, 1.165) is 15.7 Å². The van der Waals surface area contributed by atoms with Crippen LogP contribution in [0.25, 0.3) is 0 Å². The van der Waals surface area contributed by atoms with Crippen molar-refractivity contribution in [1.29, 1.82) is 0 Å². The van der Waals surface area contributed by atoms with Crippen molar-refractivity contribution in [2.45, 2.75) is 13.5 Å². The summed E-state index contributed by atoms with van der Waals surface area (Å²) in [4.78, 5) is 13.5. The standard InChI is InChI=1S/C15H14BrNO/c1-12(18)17(11-13-5-3-2-4-6-13)15-9-7-14(16)8-10-15/h2-10H,11H2,1H3. The second-order valence-corrected chi connectivity index (χ2v) is 4.98. The first-order chi connectivity index (χ1) is 8.66. The van der Waals surface area contributed by atoms with E-state index < -0.39 is 0 Å². The molecule has 3 heteroatoms. The van der Waals surface area contributed by atoms with Crippen molar-refractivity contribution in [2.24, 2.45) is 0 Å². The first-order valence-corrected chi connectivity index (χ1v) is 6.54. The van der Waals surface area contributed by atoms with Crippen LogP contribution in [0.15, 0.2) is 59.1 Å². The molecule has 2 aromatic rings. The molecule has 0 fully saturated rings. The zero-order valence-corrected chi connectivity index (χ0v) is 11.7. The Kier molecular flexibility index (Phi) is 4.15. The number of halogens is 1. The largest absolute Gasteiger partial charge is 0.308 e. The summed E-state index contributed by atoms with van der Waals surface area (Å²) >= 11 is 3.39. The van der Waals surface area contributed by atoms with E-state index in [1.54, 1.807) is 11.8 Å². The number of hydrogen-bond donors (Lipinski definition) is 0. The maximum Gasteiger partial charge on any atom is 0.224 e. The highest BCUT2D eigenvalue weighted by Crippen LogP contribution is 2.20. The van der Waals surface area contributed by atoms with Gasteiger partial charge in [0.2, 0.25) is 5.91 Å². The van der Waals surface area contributed by atoms with Crippen molar-refractivity contribution in [1.82, 2.24) is 0 Å². The third-order valence-corrected chi connectivity index (χ3v) is 3.23. The van der Waals surface area contributed by atoms with Crippen molar-refractivity contribution >= 4 is 27.5 Å². The van der Waals surface area contributed by atoms with Gasteiger partial charge in [-0.05, 0) is 29.8 Å². The molecule has 0 atom stereocenters. The molecule has 0 aromatic heterocycles. The number of anilines is 1. The molecule has 2 rings (SSSR count). The van der Waals surface area contributed by atoms with Crippen LogP contribution in [-0.2, 0) is 11.3 Å². The molecule has 0 aliphatic heterocycles. The molecule has 0 saturated carbocycles. The summed E-state index contributed by atoms with van der Waals surface area (Å²) in [5, 5.41) is 0. The minimum Gasteiger partial charge on any atom is -0.308 e. The van der Waals surface area contributed by atoms with E-state index in [-0.39, 0.29) is 5.91 Å². The summed E-state index contributed by atoms with van der Waals surface area (Å²) in [6.07, 6.45) is 0. The summed E-state index contributed by atoms with van der Waals surface area (Å²) in [5.74, 6) is 0.0428. The molecule has 0 saturated heterocycles. The number of benzene rings is 2. The van der Waals surface area contributed by atoms with Crippen LogP contribution < -0.4 is 4.90 Å². The molecule has 0 spiro atoms. The highest BCUT2D eigenvalue weighted by atomic mass is 79.9. The maximum atomic E-state index is 11.7. The Bertz CT molecular complexity index is 522. The highest BCUT2D eigenvalue weighted by molar-refractivity contribution is 9.10. The van der Waals surface area contributed by atoms with Crippen LogP contribution >= 0.6 is 15.9 Å². The van der Waals surface area contributed by atoms with Gasteiger partial charge in [-0.1, -0.05) is 46.3 Å². The third-order valence-electron chi connectivity index (χ3n) is 2.70. The van der Waals surface area contributed by atoms with Gasteiger partial charge in [0.15, 0.2) is 0 Å². The van der Waals surface area contributed by atoms with E-state index in [2.05, 4.69) is 15.9 Å². The van der Waals surface area contributed by atoms with Gasteiger partial charge in [-0.25, -0.2) is 0 Å². The summed E-state index contributed by atoms with van der Waals surface area (Å²) in [6, 6.07) is 17.7. The van der Waals surface area contributed by atoms with Gasteiger partial charge < -0.3 is 4.90 Å². The average Bonchev–Trinajstić information content (AvgIpc) is 2.38. The fourth-order valence-electron chi connectivity index (χ4n) is 1.77. The zero-order valence-electron chi connectivity index (χ0n) is 10.1. The first kappa shape index (κ1) is 12.8. The minimum absolute atomic E-state index is 0.0428. The Balaban J connectivity index is 2.24. The predicted octanol–water partition coefficient (Wildman–Crippen LogP) is 4.00. The Morgan fingerprint density at radius 3 is 2.22 bits per heavy atom. The fourth-order valence-corrected chi connectivity index (χ4v) is 2.04. The molecule has 0 bridgehead atoms. The Morgan fingerprint density at radius 1 is 1.06 bits per heavy atom. The lowest BCUT2D eigenvalue weighted by Gasteiger charge is -2.21. The summed E-state index contributed by atoms with van der Waals surface area (Å²) in [6.45, 7) is 2.18. The van der Waals surface area contributed by atoms with Gasteiger partial charge in [-0.3, -0.25) is 4.79 Å². The highest BCUT2D eigenvalue weighted by Gasteiger charge is 2.11. The second kappa shape index (κ2) is 5.83. The SMILES string of the molecule is CC(=O)N(Cc1ccccc1)c1ccc(Br)cc1. The van der Waals surface area contributed by atoms with Gasteiger partial charge in [0.1, 0.15) is 0 Å². The predicted molar refractivity (Wildman–Crippen MR) is 77.4 cm³/mol. The topological polar surface area (TPSA) is 20.3 Å². The lowest BCUT2D eigenvalue weighted by Crippen LogP contribution is -2.27. The Labute approximate surface area is 115 Å². The molecule has 0 aliphatic carbocycles. The van der Waals surface area contributed by atoms with Gasteiger partial charge in [0, 0.05) is 17.1 Å². The summed E-state index contributed by atoms with van der Waals surface area (Å²) in [5.41, 5.74) is 2.03. The number of rotatable bonds is 3. The molecule has 2 aromatic carbocycles. The van der Waals surface area contributed by atoms with E-state index in [9.17, 15) is 4.79 Å². The third kappa shape index (κ3) is 3.20. The van der Waals surface area contributed by atoms with Crippen LogP contribution in [0, 0.1) is 0 Å². The molecule has 0 unspecified atom stereocenters. The number of nitrogens with zero attached hydrogens (tertiary/aromatic N) is 1. The number of carbonyl (C=O) groups excluding carboxylic acids is 1. The van der Waals surface area contributed by atoms with Crippen LogP contribution in [0.5, 0.6) is 0 Å². The molecule has 2 nitrogen and oxygen atoms in total. The number of carbonyl (C=O) groups is 1. The molecule has 1 amide bonds. The normalized spacial score (nSPS) is 10.1. The lowest BCUT2D eigenvalue weighted by molar-refractivity contribution is -0.116. The zero-order chi connectivity index (χ0) is 13.0. The molecule has 0 aliphatic rings. The molecular formula is C15H14BrNO. The first-order valence-electron chi connectivity index (χ1n) is 5.74. The molecule has 0 N–H and O–H groups in total. The average molecular weight is 304 g/mol. The minimum atomic E-state index is 0.0428. The maximum absolute atomic E-state index is 11.7. The second-order valence-electron chi connectivity index (χ2n) is 4.07. The Hall–Kier alpha value is -1.61. The summed E-state index contributed by atoms with van der Waals surface area (Å²) in [7, 11) is 0. The van der Waals surface area contributed by atoms with Crippen LogP contribution in [0.1, 0.15) is 12.5 Å². The van der Waals surface area contributed by atoms with Crippen LogP contribution in [0.2, 0.25) is 0 Å². The van der Waals surface area contributed by atoms with Crippen LogP contribution in [-0.4, -0.2) is 5.91 Å². The number of amides is 1. The van der Waals surface area contributed by atoms with E-state index in [4.69, 9.17) is 0 Å². The van der Waals surface area contributed by atoms with Crippen molar-refractivity contribution in [3.05, 3.63) is 64.6 Å². The van der Waals surface area contributed by atoms with E-state index >= 15 is 0 Å². The molecular weight excluding hydrogens is 290 g/mol. The van der Waals surface area contributed by atoms with Crippen LogP contribution in [0.3, 0.4) is 0 Å².